The van der Waals surface area contributed by atoms with Crippen LogP contribution in [0.4, 0.5) is 4.39 Å². The van der Waals surface area contributed by atoms with Crippen molar-refractivity contribution in [2.45, 2.75) is 32.2 Å². The van der Waals surface area contributed by atoms with Gasteiger partial charge in [0.15, 0.2) is 0 Å². The molecule has 0 radical (unpaired) electrons. The molecular weight excluding hydrogens is 313 g/mol. The van der Waals surface area contributed by atoms with Gasteiger partial charge in [-0.05, 0) is 31.0 Å². The zero-order valence-electron chi connectivity index (χ0n) is 10.4. The molecule has 1 saturated carbocycles. The summed E-state index contributed by atoms with van der Waals surface area (Å²) in [6.45, 7) is 0.175. The van der Waals surface area contributed by atoms with Gasteiger partial charge in [0.05, 0.1) is 0 Å². The Kier molecular flexibility index (Phi) is 4.69. The van der Waals surface area contributed by atoms with E-state index in [1.807, 2.05) is 0 Å². The molecule has 3 nitrogen and oxygen atoms in total. The first-order valence-electron chi connectivity index (χ1n) is 6.29. The van der Waals surface area contributed by atoms with Crippen LogP contribution in [0.5, 0.6) is 0 Å². The molecule has 0 spiro atoms. The van der Waals surface area contributed by atoms with Gasteiger partial charge in [-0.15, -0.1) is 0 Å². The van der Waals surface area contributed by atoms with E-state index in [0.29, 0.717) is 31.2 Å². The van der Waals surface area contributed by atoms with E-state index >= 15 is 0 Å². The molecule has 0 aliphatic heterocycles. The van der Waals surface area contributed by atoms with Gasteiger partial charge in [0.25, 0.3) is 0 Å². The fourth-order valence-corrected chi connectivity index (χ4v) is 2.62. The lowest BCUT2D eigenvalue weighted by Gasteiger charge is -2.20. The van der Waals surface area contributed by atoms with E-state index in [2.05, 4.69) is 21.2 Å². The van der Waals surface area contributed by atoms with Crippen LogP contribution in [0.25, 0.3) is 0 Å². The lowest BCUT2D eigenvalue weighted by atomic mass is 9.88. The highest BCUT2D eigenvalue weighted by atomic mass is 79.9. The van der Waals surface area contributed by atoms with Gasteiger partial charge in [0.2, 0.25) is 5.91 Å². The third kappa shape index (κ3) is 3.86. The average molecular weight is 328 g/mol. The van der Waals surface area contributed by atoms with Crippen molar-refractivity contribution in [3.05, 3.63) is 34.1 Å². The van der Waals surface area contributed by atoms with Crippen molar-refractivity contribution in [1.82, 2.24) is 5.32 Å². The molecule has 102 valence electrons. The number of hydrogen-bond acceptors (Lipinski definition) is 2. The maximum absolute atomic E-state index is 13.5. The van der Waals surface area contributed by atoms with E-state index in [1.54, 1.807) is 12.1 Å². The lowest BCUT2D eigenvalue weighted by Crippen LogP contribution is -2.33. The van der Waals surface area contributed by atoms with Crippen LogP contribution >= 0.6 is 15.9 Å². The van der Waals surface area contributed by atoms with Gasteiger partial charge in [-0.1, -0.05) is 15.9 Å². The summed E-state index contributed by atoms with van der Waals surface area (Å²) in [5, 5.41) is 2.74. The van der Waals surface area contributed by atoms with Gasteiger partial charge in [-0.2, -0.15) is 0 Å². The molecular formula is C14H15BrFNO2. The predicted octanol–water partition coefficient (Wildman–Crippen LogP) is 2.96. The van der Waals surface area contributed by atoms with Crippen LogP contribution in [-0.2, 0) is 16.1 Å². The number of nitrogens with one attached hydrogen (secondary N) is 1. The second kappa shape index (κ2) is 6.28. The summed E-state index contributed by atoms with van der Waals surface area (Å²) >= 11 is 3.27. The molecule has 1 amide bonds. The number of Topliss-reactive ketones (excluding diaryl/α,β-unsaturated/α-hetero) is 1. The second-order valence-electron chi connectivity index (χ2n) is 4.77. The Morgan fingerprint density at radius 1 is 1.37 bits per heavy atom. The maximum Gasteiger partial charge on any atom is 0.223 e. The molecule has 0 saturated heterocycles. The molecule has 0 atom stereocenters. The molecule has 0 bridgehead atoms. The SMILES string of the molecule is O=C1CCC(C(=O)NCc2cc(Br)ccc2F)CC1. The number of rotatable bonds is 3. The molecule has 1 aromatic carbocycles. The van der Waals surface area contributed by atoms with Crippen LogP contribution in [0.2, 0.25) is 0 Å². The third-order valence-corrected chi connectivity index (χ3v) is 3.87. The van der Waals surface area contributed by atoms with Crippen molar-refractivity contribution >= 4 is 27.6 Å². The topological polar surface area (TPSA) is 46.2 Å². The number of carbonyl (C=O) groups excluding carboxylic acids is 2. The predicted molar refractivity (Wildman–Crippen MR) is 72.9 cm³/mol. The van der Waals surface area contributed by atoms with Crippen molar-refractivity contribution in [1.29, 1.82) is 0 Å². The molecule has 1 aliphatic rings. The summed E-state index contributed by atoms with van der Waals surface area (Å²) in [5.41, 5.74) is 0.453. The highest BCUT2D eigenvalue weighted by molar-refractivity contribution is 9.10. The largest absolute Gasteiger partial charge is 0.352 e. The first-order valence-corrected chi connectivity index (χ1v) is 7.09. The summed E-state index contributed by atoms with van der Waals surface area (Å²) in [6, 6.07) is 4.64. The van der Waals surface area contributed by atoms with E-state index in [0.717, 1.165) is 4.47 Å². The van der Waals surface area contributed by atoms with Gasteiger partial charge in [-0.3, -0.25) is 9.59 Å². The van der Waals surface area contributed by atoms with Crippen molar-refractivity contribution in [3.63, 3.8) is 0 Å². The van der Waals surface area contributed by atoms with E-state index in [9.17, 15) is 14.0 Å². The average Bonchev–Trinajstić information content (AvgIpc) is 2.40. The quantitative estimate of drug-likeness (QED) is 0.927. The molecule has 1 fully saturated rings. The monoisotopic (exact) mass is 327 g/mol. The fraction of sp³-hybridized carbons (Fsp3) is 0.429. The Morgan fingerprint density at radius 2 is 2.05 bits per heavy atom. The van der Waals surface area contributed by atoms with Gasteiger partial charge < -0.3 is 5.32 Å². The second-order valence-corrected chi connectivity index (χ2v) is 5.68. The number of benzene rings is 1. The Labute approximate surface area is 119 Å². The van der Waals surface area contributed by atoms with Crippen LogP contribution in [0.15, 0.2) is 22.7 Å². The number of ketones is 1. The van der Waals surface area contributed by atoms with Crippen LogP contribution in [-0.4, -0.2) is 11.7 Å². The van der Waals surface area contributed by atoms with E-state index < -0.39 is 0 Å². The van der Waals surface area contributed by atoms with Gasteiger partial charge in [0, 0.05) is 35.3 Å². The minimum Gasteiger partial charge on any atom is -0.352 e. The molecule has 2 rings (SSSR count). The summed E-state index contributed by atoms with van der Waals surface area (Å²) in [7, 11) is 0. The zero-order valence-corrected chi connectivity index (χ0v) is 12.0. The summed E-state index contributed by atoms with van der Waals surface area (Å²) < 4.78 is 14.3. The minimum absolute atomic E-state index is 0.0909. The molecule has 0 aromatic heterocycles. The summed E-state index contributed by atoms with van der Waals surface area (Å²) in [6.07, 6.45) is 2.16. The Hall–Kier alpha value is -1.23. The van der Waals surface area contributed by atoms with E-state index in [4.69, 9.17) is 0 Å². The first-order chi connectivity index (χ1) is 9.06. The standard InChI is InChI=1S/C14H15BrFNO2/c15-11-3-6-13(16)10(7-11)8-17-14(19)9-1-4-12(18)5-2-9/h3,6-7,9H,1-2,4-5,8H2,(H,17,19). The minimum atomic E-state index is -0.331. The van der Waals surface area contributed by atoms with Gasteiger partial charge in [0.1, 0.15) is 11.6 Å². The number of halogens is 2. The van der Waals surface area contributed by atoms with Crippen molar-refractivity contribution in [2.75, 3.05) is 0 Å². The molecule has 0 heterocycles. The fourth-order valence-electron chi connectivity index (χ4n) is 2.21. The molecule has 1 aromatic rings. The molecule has 19 heavy (non-hydrogen) atoms. The van der Waals surface area contributed by atoms with Gasteiger partial charge >= 0.3 is 0 Å². The highest BCUT2D eigenvalue weighted by Crippen LogP contribution is 2.22. The first kappa shape index (κ1) is 14.2. The smallest absolute Gasteiger partial charge is 0.223 e. The summed E-state index contributed by atoms with van der Waals surface area (Å²) in [4.78, 5) is 23.0. The van der Waals surface area contributed by atoms with Crippen LogP contribution < -0.4 is 5.32 Å². The van der Waals surface area contributed by atoms with Crippen LogP contribution in [0.3, 0.4) is 0 Å². The number of carbonyl (C=O) groups is 2. The zero-order chi connectivity index (χ0) is 13.8. The van der Waals surface area contributed by atoms with Crippen LogP contribution in [0, 0.1) is 11.7 Å². The summed E-state index contributed by atoms with van der Waals surface area (Å²) in [5.74, 6) is -0.316. The third-order valence-electron chi connectivity index (χ3n) is 3.37. The maximum atomic E-state index is 13.5. The van der Waals surface area contributed by atoms with Crippen LogP contribution in [0.1, 0.15) is 31.2 Å². The lowest BCUT2D eigenvalue weighted by molar-refractivity contribution is -0.128. The number of amides is 1. The van der Waals surface area contributed by atoms with Crippen molar-refractivity contribution < 1.29 is 14.0 Å². The van der Waals surface area contributed by atoms with E-state index in [-0.39, 0.29) is 30.0 Å². The highest BCUT2D eigenvalue weighted by Gasteiger charge is 2.24. The molecule has 1 aliphatic carbocycles. The Morgan fingerprint density at radius 3 is 2.74 bits per heavy atom. The normalized spacial score (nSPS) is 16.4. The van der Waals surface area contributed by atoms with E-state index in [1.165, 1.54) is 6.07 Å². The van der Waals surface area contributed by atoms with Crippen molar-refractivity contribution in [2.24, 2.45) is 5.92 Å². The number of hydrogen-bond donors (Lipinski definition) is 1. The van der Waals surface area contributed by atoms with Gasteiger partial charge in [-0.25, -0.2) is 4.39 Å². The Balaban J connectivity index is 1.89. The van der Waals surface area contributed by atoms with Crippen molar-refractivity contribution in [3.8, 4) is 0 Å². The Bertz CT molecular complexity index is 494. The molecule has 1 N–H and O–H groups in total. The molecule has 5 heteroatoms. The molecule has 0 unspecified atom stereocenters.